The molecule has 1 aliphatic carbocycles. The molecule has 1 aliphatic heterocycles. The quantitative estimate of drug-likeness (QED) is 0.730. The molecule has 1 aromatic heterocycles. The normalized spacial score (nSPS) is 22.3. The van der Waals surface area contributed by atoms with Gasteiger partial charge in [0.05, 0.1) is 0 Å². The third-order valence-corrected chi connectivity index (χ3v) is 6.30. The van der Waals surface area contributed by atoms with Crippen LogP contribution in [0.25, 0.3) is 0 Å². The molecule has 2 heterocycles. The van der Waals surface area contributed by atoms with E-state index in [4.69, 9.17) is 4.52 Å². The predicted molar refractivity (Wildman–Crippen MR) is 109 cm³/mol. The molecule has 8 heteroatoms. The summed E-state index contributed by atoms with van der Waals surface area (Å²) in [5.74, 6) is 1.10. The average molecular weight is 406 g/mol. The zero-order chi connectivity index (χ0) is 20.9. The molecule has 1 atom stereocenters. The lowest BCUT2D eigenvalue weighted by Crippen LogP contribution is -2.47. The predicted octanol–water partition coefficient (Wildman–Crippen LogP) is 2.24. The summed E-state index contributed by atoms with van der Waals surface area (Å²) in [7, 11) is 4.13. The molecule has 0 aromatic carbocycles. The van der Waals surface area contributed by atoms with Gasteiger partial charge in [-0.15, -0.1) is 0 Å². The molecule has 1 N–H and O–H groups in total. The van der Waals surface area contributed by atoms with E-state index in [1.807, 2.05) is 4.90 Å². The molecule has 162 valence electrons. The van der Waals surface area contributed by atoms with Gasteiger partial charge in [-0.3, -0.25) is 9.59 Å². The van der Waals surface area contributed by atoms with Gasteiger partial charge in [-0.2, -0.15) is 4.98 Å². The van der Waals surface area contributed by atoms with E-state index in [0.29, 0.717) is 30.6 Å². The molecule has 0 bridgehead atoms. The minimum atomic E-state index is -0.542. The van der Waals surface area contributed by atoms with E-state index in [0.717, 1.165) is 64.5 Å². The second-order valence-corrected chi connectivity index (χ2v) is 8.79. The number of nitrogens with zero attached hydrogens (tertiary/aromatic N) is 4. The topological polar surface area (TPSA) is 91.6 Å². The highest BCUT2D eigenvalue weighted by Gasteiger charge is 2.38. The number of carbonyl (C=O) groups excluding carboxylic acids is 2. The molecule has 29 heavy (non-hydrogen) atoms. The molecule has 1 unspecified atom stereocenters. The van der Waals surface area contributed by atoms with Crippen LogP contribution in [0, 0.1) is 0 Å². The minimum absolute atomic E-state index is 0.0750. The molecular formula is C21H35N5O3. The van der Waals surface area contributed by atoms with Crippen molar-refractivity contribution in [2.75, 3.05) is 27.2 Å². The van der Waals surface area contributed by atoms with E-state index in [9.17, 15) is 9.59 Å². The van der Waals surface area contributed by atoms with E-state index >= 15 is 0 Å². The first-order valence-corrected chi connectivity index (χ1v) is 11.0. The maximum atomic E-state index is 12.7. The lowest BCUT2D eigenvalue weighted by molar-refractivity contribution is -0.133. The number of nitrogens with one attached hydrogen (secondary N) is 1. The third kappa shape index (κ3) is 5.56. The number of carbonyl (C=O) groups is 2. The Morgan fingerprint density at radius 1 is 1.21 bits per heavy atom. The Labute approximate surface area is 173 Å². The van der Waals surface area contributed by atoms with E-state index in [1.165, 1.54) is 6.92 Å². The van der Waals surface area contributed by atoms with Crippen molar-refractivity contribution < 1.29 is 14.1 Å². The lowest BCUT2D eigenvalue weighted by Gasteiger charge is -2.36. The first kappa shape index (κ1) is 21.7. The van der Waals surface area contributed by atoms with Gasteiger partial charge in [-0.1, -0.05) is 30.8 Å². The SMILES string of the molecule is CC(=O)NC1(c2noc(CCC(=O)N3CCCC(N(C)C)C3)n2)CCCCCC1. The van der Waals surface area contributed by atoms with E-state index in [1.54, 1.807) is 0 Å². The number of aryl methyl sites for hydroxylation is 1. The Morgan fingerprint density at radius 2 is 1.93 bits per heavy atom. The van der Waals surface area contributed by atoms with Crippen LogP contribution < -0.4 is 5.32 Å². The summed E-state index contributed by atoms with van der Waals surface area (Å²) in [4.78, 5) is 33.2. The number of likely N-dealkylation sites (tertiary alicyclic amines) is 1. The largest absolute Gasteiger partial charge is 0.343 e. The Balaban J connectivity index is 1.61. The smallest absolute Gasteiger partial charge is 0.227 e. The fourth-order valence-electron chi connectivity index (χ4n) is 4.60. The summed E-state index contributed by atoms with van der Waals surface area (Å²) in [6.45, 7) is 3.14. The van der Waals surface area contributed by atoms with Crippen LogP contribution in [0.4, 0.5) is 0 Å². The Morgan fingerprint density at radius 3 is 2.59 bits per heavy atom. The molecule has 0 spiro atoms. The molecule has 3 rings (SSSR count). The van der Waals surface area contributed by atoms with Crippen molar-refractivity contribution in [1.82, 2.24) is 25.3 Å². The Hall–Kier alpha value is -1.96. The van der Waals surface area contributed by atoms with Crippen LogP contribution in [0.1, 0.15) is 76.4 Å². The molecule has 0 radical (unpaired) electrons. The van der Waals surface area contributed by atoms with E-state index in [-0.39, 0.29) is 11.8 Å². The van der Waals surface area contributed by atoms with Gasteiger partial charge in [0.15, 0.2) is 5.82 Å². The van der Waals surface area contributed by atoms with Gasteiger partial charge in [0.1, 0.15) is 5.54 Å². The highest BCUT2D eigenvalue weighted by atomic mass is 16.5. The maximum absolute atomic E-state index is 12.7. The second kappa shape index (κ2) is 9.69. The summed E-state index contributed by atoms with van der Waals surface area (Å²) in [5.41, 5.74) is -0.542. The van der Waals surface area contributed by atoms with Crippen molar-refractivity contribution >= 4 is 11.8 Å². The third-order valence-electron chi connectivity index (χ3n) is 6.30. The monoisotopic (exact) mass is 405 g/mol. The fourth-order valence-corrected chi connectivity index (χ4v) is 4.60. The van der Waals surface area contributed by atoms with Crippen LogP contribution in [0.2, 0.25) is 0 Å². The number of hydrogen-bond acceptors (Lipinski definition) is 6. The molecular weight excluding hydrogens is 370 g/mol. The number of rotatable bonds is 6. The van der Waals surface area contributed by atoms with Crippen LogP contribution in [-0.2, 0) is 21.5 Å². The first-order valence-electron chi connectivity index (χ1n) is 11.0. The lowest BCUT2D eigenvalue weighted by atomic mass is 9.89. The van der Waals surface area contributed by atoms with Gasteiger partial charge in [-0.05, 0) is 39.8 Å². The number of piperidine rings is 1. The van der Waals surface area contributed by atoms with Gasteiger partial charge < -0.3 is 19.6 Å². The Kier molecular flexibility index (Phi) is 7.27. The van der Waals surface area contributed by atoms with E-state index in [2.05, 4.69) is 34.5 Å². The molecule has 2 fully saturated rings. The minimum Gasteiger partial charge on any atom is -0.343 e. The number of hydrogen-bond donors (Lipinski definition) is 1. The van der Waals surface area contributed by atoms with Crippen LogP contribution >= 0.6 is 0 Å². The number of amides is 2. The van der Waals surface area contributed by atoms with E-state index < -0.39 is 5.54 Å². The highest BCUT2D eigenvalue weighted by Crippen LogP contribution is 2.34. The fraction of sp³-hybridized carbons (Fsp3) is 0.810. The van der Waals surface area contributed by atoms with Crippen molar-refractivity contribution in [3.05, 3.63) is 11.7 Å². The van der Waals surface area contributed by atoms with Crippen LogP contribution in [0.15, 0.2) is 4.52 Å². The van der Waals surface area contributed by atoms with Crippen molar-refractivity contribution in [2.45, 2.75) is 82.7 Å². The molecule has 1 saturated carbocycles. The summed E-state index contributed by atoms with van der Waals surface area (Å²) >= 11 is 0. The van der Waals surface area contributed by atoms with Crippen molar-refractivity contribution in [1.29, 1.82) is 0 Å². The van der Waals surface area contributed by atoms with Crippen molar-refractivity contribution in [3.63, 3.8) is 0 Å². The summed E-state index contributed by atoms with van der Waals surface area (Å²) in [6, 6.07) is 0.426. The molecule has 2 amide bonds. The van der Waals surface area contributed by atoms with Crippen LogP contribution in [0.5, 0.6) is 0 Å². The zero-order valence-corrected chi connectivity index (χ0v) is 18.1. The van der Waals surface area contributed by atoms with Gasteiger partial charge >= 0.3 is 0 Å². The van der Waals surface area contributed by atoms with Gasteiger partial charge in [0, 0.05) is 38.9 Å². The van der Waals surface area contributed by atoms with Crippen LogP contribution in [-0.4, -0.2) is 65.0 Å². The molecule has 1 saturated heterocycles. The first-order chi connectivity index (χ1) is 13.9. The number of likely N-dealkylation sites (N-methyl/N-ethyl adjacent to an activating group) is 1. The molecule has 2 aliphatic rings. The van der Waals surface area contributed by atoms with Gasteiger partial charge in [0.2, 0.25) is 17.7 Å². The second-order valence-electron chi connectivity index (χ2n) is 8.79. The summed E-state index contributed by atoms with van der Waals surface area (Å²) < 4.78 is 5.47. The summed E-state index contributed by atoms with van der Waals surface area (Å²) in [6.07, 6.45) is 9.01. The standard InChI is InChI=1S/C21H35N5O3/c1-16(27)23-21(12-6-4-5-7-13-21)20-22-18(29-24-20)10-11-19(28)26-14-8-9-17(15-26)25(2)3/h17H,4-15H2,1-3H3,(H,23,27). The van der Waals surface area contributed by atoms with Gasteiger partial charge in [-0.25, -0.2) is 0 Å². The zero-order valence-electron chi connectivity index (χ0n) is 18.1. The van der Waals surface area contributed by atoms with Crippen LogP contribution in [0.3, 0.4) is 0 Å². The maximum Gasteiger partial charge on any atom is 0.227 e. The van der Waals surface area contributed by atoms with Gasteiger partial charge in [0.25, 0.3) is 0 Å². The van der Waals surface area contributed by atoms with Crippen molar-refractivity contribution in [2.24, 2.45) is 0 Å². The molecule has 8 nitrogen and oxygen atoms in total. The molecule has 1 aromatic rings. The Bertz CT molecular complexity index is 694. The summed E-state index contributed by atoms with van der Waals surface area (Å²) in [5, 5.41) is 7.29. The average Bonchev–Trinajstić information content (AvgIpc) is 3.06. The highest BCUT2D eigenvalue weighted by molar-refractivity contribution is 5.76. The van der Waals surface area contributed by atoms with Crippen molar-refractivity contribution in [3.8, 4) is 0 Å². The number of aromatic nitrogens is 2.